The molecule has 1 aromatic carbocycles. The van der Waals surface area contributed by atoms with E-state index in [1.165, 1.54) is 0 Å². The largest absolute Gasteiger partial charge is 0.350 e. The van der Waals surface area contributed by atoms with E-state index < -0.39 is 5.92 Å². The quantitative estimate of drug-likeness (QED) is 0.931. The molecule has 1 amide bonds. The molecule has 0 aliphatic carbocycles. The van der Waals surface area contributed by atoms with E-state index in [-0.39, 0.29) is 5.91 Å². The van der Waals surface area contributed by atoms with Crippen molar-refractivity contribution in [3.63, 3.8) is 0 Å². The predicted octanol–water partition coefficient (Wildman–Crippen LogP) is 3.43. The minimum atomic E-state index is -0.760. The summed E-state index contributed by atoms with van der Waals surface area (Å²) in [6, 6.07) is 15.0. The number of nitrogens with one attached hydrogen (secondary N) is 1. The molecule has 0 fully saturated rings. The molecule has 1 N–H and O–H groups in total. The number of amides is 1. The number of halogens is 1. The lowest BCUT2D eigenvalue weighted by atomic mass is 10.00. The molecule has 1 unspecified atom stereocenters. The Morgan fingerprint density at radius 2 is 2.05 bits per heavy atom. The van der Waals surface area contributed by atoms with Crippen LogP contribution in [0.3, 0.4) is 0 Å². The molecule has 1 aromatic heterocycles. The van der Waals surface area contributed by atoms with E-state index in [9.17, 15) is 4.79 Å². The molecule has 0 radical (unpaired) electrons. The van der Waals surface area contributed by atoms with Gasteiger partial charge in [-0.25, -0.2) is 0 Å². The monoisotopic (exact) mass is 334 g/mol. The summed E-state index contributed by atoms with van der Waals surface area (Å²) in [6.45, 7) is 0.445. The van der Waals surface area contributed by atoms with Crippen molar-refractivity contribution in [1.82, 2.24) is 5.32 Å². The summed E-state index contributed by atoms with van der Waals surface area (Å²) in [7, 11) is 0. The zero-order valence-electron chi connectivity index (χ0n) is 9.97. The molecule has 2 aromatic rings. The number of nitrogens with zero attached hydrogens (tertiary/aromatic N) is 1. The third-order valence-corrected chi connectivity index (χ3v) is 4.21. The molecule has 0 saturated heterocycles. The van der Waals surface area contributed by atoms with E-state index in [2.05, 4.69) is 21.2 Å². The lowest BCUT2D eigenvalue weighted by molar-refractivity contribution is -0.121. The molecular weight excluding hydrogens is 324 g/mol. The average Bonchev–Trinajstić information content (AvgIpc) is 2.84. The second-order valence-corrected chi connectivity index (χ2v) is 6.44. The lowest BCUT2D eigenvalue weighted by Crippen LogP contribution is -2.27. The van der Waals surface area contributed by atoms with Gasteiger partial charge >= 0.3 is 0 Å². The van der Waals surface area contributed by atoms with Crippen LogP contribution >= 0.6 is 27.3 Å². The Hall–Kier alpha value is -1.64. The molecule has 1 heterocycles. The van der Waals surface area contributed by atoms with Gasteiger partial charge in [0.1, 0.15) is 5.92 Å². The Morgan fingerprint density at radius 3 is 2.63 bits per heavy atom. The number of hydrogen-bond donors (Lipinski definition) is 1. The number of nitriles is 1. The van der Waals surface area contributed by atoms with Crippen molar-refractivity contribution in [2.45, 2.75) is 12.5 Å². The summed E-state index contributed by atoms with van der Waals surface area (Å²) in [5, 5.41) is 11.9. The fourth-order valence-corrected chi connectivity index (χ4v) is 3.08. The van der Waals surface area contributed by atoms with Gasteiger partial charge in [-0.3, -0.25) is 4.79 Å². The normalized spacial score (nSPS) is 11.6. The smallest absolute Gasteiger partial charge is 0.242 e. The first-order valence-corrected chi connectivity index (χ1v) is 7.28. The van der Waals surface area contributed by atoms with Crippen LogP contribution in [0.5, 0.6) is 0 Å². The second kappa shape index (κ2) is 6.50. The molecule has 1 atom stereocenters. The molecule has 3 nitrogen and oxygen atoms in total. The van der Waals surface area contributed by atoms with Crippen LogP contribution in [0.25, 0.3) is 0 Å². The van der Waals surface area contributed by atoms with Crippen molar-refractivity contribution in [2.75, 3.05) is 0 Å². The average molecular weight is 335 g/mol. The van der Waals surface area contributed by atoms with E-state index in [0.29, 0.717) is 6.54 Å². The second-order valence-electron chi connectivity index (χ2n) is 3.90. The van der Waals surface area contributed by atoms with Gasteiger partial charge in [-0.15, -0.1) is 11.3 Å². The van der Waals surface area contributed by atoms with Crippen molar-refractivity contribution in [1.29, 1.82) is 5.26 Å². The number of carbonyl (C=O) groups excluding carboxylic acids is 1. The molecule has 0 spiro atoms. The van der Waals surface area contributed by atoms with Crippen LogP contribution in [0.4, 0.5) is 0 Å². The van der Waals surface area contributed by atoms with Crippen molar-refractivity contribution >= 4 is 33.2 Å². The Morgan fingerprint density at radius 1 is 1.32 bits per heavy atom. The van der Waals surface area contributed by atoms with Crippen molar-refractivity contribution < 1.29 is 4.79 Å². The van der Waals surface area contributed by atoms with E-state index >= 15 is 0 Å². The van der Waals surface area contributed by atoms with Gasteiger partial charge in [-0.05, 0) is 33.6 Å². The maximum atomic E-state index is 12.0. The van der Waals surface area contributed by atoms with Crippen molar-refractivity contribution in [3.05, 3.63) is 56.7 Å². The maximum Gasteiger partial charge on any atom is 0.242 e. The van der Waals surface area contributed by atoms with Gasteiger partial charge in [0.2, 0.25) is 5.91 Å². The molecule has 0 aliphatic heterocycles. The van der Waals surface area contributed by atoms with Crippen LogP contribution in [-0.2, 0) is 11.3 Å². The zero-order valence-corrected chi connectivity index (χ0v) is 12.4. The Labute approximate surface area is 124 Å². The van der Waals surface area contributed by atoms with Gasteiger partial charge in [0, 0.05) is 4.88 Å². The molecule has 19 heavy (non-hydrogen) atoms. The SMILES string of the molecule is N#CC(C(=O)NCc1ccc(Br)s1)c1ccccc1. The van der Waals surface area contributed by atoms with Crippen molar-refractivity contribution in [3.8, 4) is 6.07 Å². The van der Waals surface area contributed by atoms with Gasteiger partial charge in [0.25, 0.3) is 0 Å². The van der Waals surface area contributed by atoms with Crippen LogP contribution in [0, 0.1) is 11.3 Å². The maximum absolute atomic E-state index is 12.0. The summed E-state index contributed by atoms with van der Waals surface area (Å²) in [4.78, 5) is 13.1. The van der Waals surface area contributed by atoms with Gasteiger partial charge in [-0.2, -0.15) is 5.26 Å². The number of thiophene rings is 1. The minimum Gasteiger partial charge on any atom is -0.350 e. The van der Waals surface area contributed by atoms with E-state index in [1.807, 2.05) is 36.4 Å². The van der Waals surface area contributed by atoms with Crippen LogP contribution < -0.4 is 5.32 Å². The van der Waals surface area contributed by atoms with Crippen LogP contribution in [0.1, 0.15) is 16.4 Å². The van der Waals surface area contributed by atoms with Crippen LogP contribution in [0.15, 0.2) is 46.3 Å². The highest BCUT2D eigenvalue weighted by atomic mass is 79.9. The Kier molecular flexibility index (Phi) is 4.72. The summed E-state index contributed by atoms with van der Waals surface area (Å²) in [5.74, 6) is -1.03. The summed E-state index contributed by atoms with van der Waals surface area (Å²) in [6.07, 6.45) is 0. The lowest BCUT2D eigenvalue weighted by Gasteiger charge is -2.09. The molecule has 0 saturated carbocycles. The third-order valence-electron chi connectivity index (χ3n) is 2.59. The molecular formula is C14H11BrN2OS. The molecule has 0 bridgehead atoms. The topological polar surface area (TPSA) is 52.9 Å². The Bertz CT molecular complexity index is 603. The minimum absolute atomic E-state index is 0.266. The fraction of sp³-hybridized carbons (Fsp3) is 0.143. The van der Waals surface area contributed by atoms with E-state index in [1.54, 1.807) is 23.5 Å². The highest BCUT2D eigenvalue weighted by Crippen LogP contribution is 2.22. The van der Waals surface area contributed by atoms with Gasteiger partial charge in [0.05, 0.1) is 16.4 Å². The highest BCUT2D eigenvalue weighted by Gasteiger charge is 2.19. The number of rotatable bonds is 4. The van der Waals surface area contributed by atoms with Crippen molar-refractivity contribution in [2.24, 2.45) is 0 Å². The first-order valence-electron chi connectivity index (χ1n) is 5.67. The highest BCUT2D eigenvalue weighted by molar-refractivity contribution is 9.11. The fourth-order valence-electron chi connectivity index (χ4n) is 1.65. The molecule has 96 valence electrons. The van der Waals surface area contributed by atoms with Crippen LogP contribution in [0.2, 0.25) is 0 Å². The number of benzene rings is 1. The summed E-state index contributed by atoms with van der Waals surface area (Å²) >= 11 is 4.94. The van der Waals surface area contributed by atoms with Gasteiger partial charge in [-0.1, -0.05) is 30.3 Å². The van der Waals surface area contributed by atoms with Gasteiger partial charge < -0.3 is 5.32 Å². The standard InChI is InChI=1S/C14H11BrN2OS/c15-13-7-6-11(19-13)9-17-14(18)12(8-16)10-4-2-1-3-5-10/h1-7,12H,9H2,(H,17,18). The zero-order chi connectivity index (χ0) is 13.7. The van der Waals surface area contributed by atoms with Crippen LogP contribution in [-0.4, -0.2) is 5.91 Å². The third kappa shape index (κ3) is 3.66. The Balaban J connectivity index is 2.00. The molecule has 2 rings (SSSR count). The predicted molar refractivity (Wildman–Crippen MR) is 78.7 cm³/mol. The molecule has 0 aliphatic rings. The van der Waals surface area contributed by atoms with Gasteiger partial charge in [0.15, 0.2) is 0 Å². The summed E-state index contributed by atoms with van der Waals surface area (Å²) < 4.78 is 1.02. The van der Waals surface area contributed by atoms with E-state index in [0.717, 1.165) is 14.2 Å². The first-order chi connectivity index (χ1) is 9.20. The number of hydrogen-bond acceptors (Lipinski definition) is 3. The first kappa shape index (κ1) is 13.8. The van der Waals surface area contributed by atoms with E-state index in [4.69, 9.17) is 5.26 Å². The number of carbonyl (C=O) groups is 1. The molecule has 5 heteroatoms. The summed E-state index contributed by atoms with van der Waals surface area (Å²) in [5.41, 5.74) is 0.717.